The Kier molecular flexibility index (Phi) is 3.97. The second kappa shape index (κ2) is 5.25. The van der Waals surface area contributed by atoms with Crippen LogP contribution in [0.2, 0.25) is 0 Å². The van der Waals surface area contributed by atoms with Crippen molar-refractivity contribution in [1.82, 2.24) is 9.88 Å². The molecule has 1 N–H and O–H groups in total. The summed E-state index contributed by atoms with van der Waals surface area (Å²) in [4.78, 5) is 6.69. The van der Waals surface area contributed by atoms with Gasteiger partial charge in [0.2, 0.25) is 0 Å². The number of likely N-dealkylation sites (tertiary alicyclic amines) is 1. The van der Waals surface area contributed by atoms with Crippen LogP contribution < -0.4 is 0 Å². The maximum Gasteiger partial charge on any atom is 0.0941 e. The lowest BCUT2D eigenvalue weighted by atomic mass is 10.3. The number of hydrogen-bond acceptors (Lipinski definition) is 4. The molecule has 1 aromatic heterocycles. The highest BCUT2D eigenvalue weighted by Crippen LogP contribution is 2.14. The number of aliphatic hydroxyl groups is 1. The van der Waals surface area contributed by atoms with Crippen molar-refractivity contribution in [1.29, 1.82) is 0 Å². The Bertz CT molecular complexity index is 318. The fourth-order valence-electron chi connectivity index (χ4n) is 1.79. The molecule has 5 heteroatoms. The minimum absolute atomic E-state index is 0.125. The van der Waals surface area contributed by atoms with Gasteiger partial charge in [0.1, 0.15) is 0 Å². The van der Waals surface area contributed by atoms with Crippen LogP contribution in [0.15, 0.2) is 5.38 Å². The van der Waals surface area contributed by atoms with Crippen molar-refractivity contribution in [2.75, 3.05) is 19.6 Å². The molecular formula is C10H15ClN2OS. The highest BCUT2D eigenvalue weighted by molar-refractivity contribution is 7.09. The Balaban J connectivity index is 1.77. The third-order valence-electron chi connectivity index (χ3n) is 2.63. The van der Waals surface area contributed by atoms with Gasteiger partial charge >= 0.3 is 0 Å². The van der Waals surface area contributed by atoms with Gasteiger partial charge in [-0.15, -0.1) is 22.9 Å². The summed E-state index contributed by atoms with van der Waals surface area (Å²) < 4.78 is 0. The lowest BCUT2D eigenvalue weighted by Crippen LogP contribution is -2.24. The number of nitrogens with zero attached hydrogens (tertiary/aromatic N) is 2. The van der Waals surface area contributed by atoms with E-state index in [9.17, 15) is 5.11 Å². The molecule has 0 aliphatic carbocycles. The monoisotopic (exact) mass is 246 g/mol. The van der Waals surface area contributed by atoms with Crippen molar-refractivity contribution in [3.05, 3.63) is 16.1 Å². The molecule has 0 saturated carbocycles. The SMILES string of the molecule is OC1CCN(CCc2nc(CCl)cs2)C1. The minimum atomic E-state index is -0.125. The first kappa shape index (κ1) is 11.3. The zero-order chi connectivity index (χ0) is 10.7. The molecule has 3 nitrogen and oxygen atoms in total. The molecule has 2 heterocycles. The van der Waals surface area contributed by atoms with Crippen LogP contribution in [0.5, 0.6) is 0 Å². The molecule has 1 atom stereocenters. The van der Waals surface area contributed by atoms with Crippen LogP contribution in [0.1, 0.15) is 17.1 Å². The van der Waals surface area contributed by atoms with Gasteiger partial charge in [-0.1, -0.05) is 0 Å². The lowest BCUT2D eigenvalue weighted by Gasteiger charge is -2.13. The number of halogens is 1. The summed E-state index contributed by atoms with van der Waals surface area (Å²) in [5.41, 5.74) is 0.970. The summed E-state index contributed by atoms with van der Waals surface area (Å²) in [5.74, 6) is 0.499. The smallest absolute Gasteiger partial charge is 0.0941 e. The van der Waals surface area contributed by atoms with Crippen molar-refractivity contribution >= 4 is 22.9 Å². The molecule has 0 aromatic carbocycles. The van der Waals surface area contributed by atoms with Crippen molar-refractivity contribution < 1.29 is 5.11 Å². The van der Waals surface area contributed by atoms with Crippen molar-refractivity contribution in [2.24, 2.45) is 0 Å². The van der Waals surface area contributed by atoms with Crippen molar-refractivity contribution in [3.63, 3.8) is 0 Å². The topological polar surface area (TPSA) is 36.4 Å². The number of rotatable bonds is 4. The van der Waals surface area contributed by atoms with E-state index >= 15 is 0 Å². The molecule has 84 valence electrons. The predicted octanol–water partition coefficient (Wildman–Crippen LogP) is 1.49. The van der Waals surface area contributed by atoms with Crippen LogP contribution in [-0.4, -0.2) is 40.7 Å². The van der Waals surface area contributed by atoms with E-state index in [0.29, 0.717) is 5.88 Å². The van der Waals surface area contributed by atoms with E-state index in [1.807, 2.05) is 5.38 Å². The van der Waals surface area contributed by atoms with E-state index in [1.165, 1.54) is 0 Å². The summed E-state index contributed by atoms with van der Waals surface area (Å²) in [5, 5.41) is 12.5. The van der Waals surface area contributed by atoms with Gasteiger partial charge in [0.05, 0.1) is 22.7 Å². The van der Waals surface area contributed by atoms with Gasteiger partial charge in [0.15, 0.2) is 0 Å². The Hall–Kier alpha value is -0.160. The average Bonchev–Trinajstić information content (AvgIpc) is 2.83. The quantitative estimate of drug-likeness (QED) is 0.818. The van der Waals surface area contributed by atoms with Gasteiger partial charge in [-0.25, -0.2) is 4.98 Å². The van der Waals surface area contributed by atoms with Crippen molar-refractivity contribution in [3.8, 4) is 0 Å². The number of aromatic nitrogens is 1. The normalized spacial score (nSPS) is 22.4. The molecule has 1 aliphatic heterocycles. The Morgan fingerprint density at radius 1 is 1.67 bits per heavy atom. The minimum Gasteiger partial charge on any atom is -0.392 e. The van der Waals surface area contributed by atoms with E-state index in [4.69, 9.17) is 11.6 Å². The fraction of sp³-hybridized carbons (Fsp3) is 0.700. The molecule has 1 aliphatic rings. The molecule has 0 amide bonds. The molecule has 1 fully saturated rings. The van der Waals surface area contributed by atoms with Crippen LogP contribution >= 0.6 is 22.9 Å². The van der Waals surface area contributed by atoms with Gasteiger partial charge in [-0.05, 0) is 6.42 Å². The number of thiazole rings is 1. The maximum absolute atomic E-state index is 9.37. The number of hydrogen-bond donors (Lipinski definition) is 1. The molecule has 1 unspecified atom stereocenters. The van der Waals surface area contributed by atoms with Gasteiger partial charge in [-0.2, -0.15) is 0 Å². The molecule has 1 aromatic rings. The highest BCUT2D eigenvalue weighted by atomic mass is 35.5. The summed E-state index contributed by atoms with van der Waals surface area (Å²) in [7, 11) is 0. The third kappa shape index (κ3) is 3.14. The zero-order valence-corrected chi connectivity index (χ0v) is 10.1. The van der Waals surface area contributed by atoms with Gasteiger partial charge < -0.3 is 10.0 Å². The van der Waals surface area contributed by atoms with Crippen molar-refractivity contribution in [2.45, 2.75) is 24.8 Å². The lowest BCUT2D eigenvalue weighted by molar-refractivity contribution is 0.177. The maximum atomic E-state index is 9.37. The van der Waals surface area contributed by atoms with E-state index < -0.39 is 0 Å². The molecule has 0 radical (unpaired) electrons. The van der Waals surface area contributed by atoms with Gasteiger partial charge in [-0.3, -0.25) is 0 Å². The standard InChI is InChI=1S/C10H15ClN2OS/c11-5-8-7-15-10(12-8)2-4-13-3-1-9(14)6-13/h7,9,14H,1-6H2. The Labute approximate surface area is 98.7 Å². The average molecular weight is 247 g/mol. The highest BCUT2D eigenvalue weighted by Gasteiger charge is 2.19. The van der Waals surface area contributed by atoms with Gasteiger partial charge in [0, 0.05) is 31.4 Å². The Morgan fingerprint density at radius 3 is 3.13 bits per heavy atom. The molecule has 15 heavy (non-hydrogen) atoms. The van der Waals surface area contributed by atoms with Crippen LogP contribution in [0, 0.1) is 0 Å². The number of β-amino-alcohol motifs (C(OH)–C–C–N with tert-alkyl or cyclic N) is 1. The summed E-state index contributed by atoms with van der Waals surface area (Å²) in [6, 6.07) is 0. The van der Waals surface area contributed by atoms with Gasteiger partial charge in [0.25, 0.3) is 0 Å². The summed E-state index contributed by atoms with van der Waals surface area (Å²) in [6.07, 6.45) is 1.75. The number of alkyl halides is 1. The molecule has 0 bridgehead atoms. The molecular weight excluding hydrogens is 232 g/mol. The second-order valence-electron chi connectivity index (χ2n) is 3.86. The molecule has 0 spiro atoms. The fourth-order valence-corrected chi connectivity index (χ4v) is 2.81. The third-order valence-corrected chi connectivity index (χ3v) is 3.86. The summed E-state index contributed by atoms with van der Waals surface area (Å²) in [6.45, 7) is 2.81. The zero-order valence-electron chi connectivity index (χ0n) is 8.53. The van der Waals surface area contributed by atoms with Crippen LogP contribution in [0.4, 0.5) is 0 Å². The Morgan fingerprint density at radius 2 is 2.53 bits per heavy atom. The first-order chi connectivity index (χ1) is 7.28. The van der Waals surface area contributed by atoms with E-state index in [0.717, 1.165) is 43.2 Å². The molecule has 2 rings (SSSR count). The van der Waals surface area contributed by atoms with E-state index in [-0.39, 0.29) is 6.10 Å². The van der Waals surface area contributed by atoms with E-state index in [1.54, 1.807) is 11.3 Å². The first-order valence-corrected chi connectivity index (χ1v) is 6.59. The first-order valence-electron chi connectivity index (χ1n) is 5.17. The second-order valence-corrected chi connectivity index (χ2v) is 5.07. The molecule has 1 saturated heterocycles. The number of aliphatic hydroxyl groups excluding tert-OH is 1. The van der Waals surface area contributed by atoms with Crippen LogP contribution in [0.25, 0.3) is 0 Å². The van der Waals surface area contributed by atoms with E-state index in [2.05, 4.69) is 9.88 Å². The largest absolute Gasteiger partial charge is 0.392 e. The van der Waals surface area contributed by atoms with Crippen LogP contribution in [-0.2, 0) is 12.3 Å². The predicted molar refractivity (Wildman–Crippen MR) is 62.4 cm³/mol. The van der Waals surface area contributed by atoms with Crippen LogP contribution in [0.3, 0.4) is 0 Å². The summed E-state index contributed by atoms with van der Waals surface area (Å²) >= 11 is 7.36.